The number of halogens is 1. The molecule has 2 fully saturated rings. The molecule has 4 rings (SSSR count). The quantitative estimate of drug-likeness (QED) is 0.408. The summed E-state index contributed by atoms with van der Waals surface area (Å²) in [6.07, 6.45) is 15.7. The Balaban J connectivity index is 0.00000289. The summed E-state index contributed by atoms with van der Waals surface area (Å²) in [5, 5.41) is 7.25. The second-order valence-corrected chi connectivity index (χ2v) is 9.94. The number of nitrogens with one attached hydrogen (secondary N) is 3. The normalized spacial score (nSPS) is 22.2. The van der Waals surface area contributed by atoms with E-state index < -0.39 is 0 Å². The van der Waals surface area contributed by atoms with Crippen LogP contribution in [0.3, 0.4) is 0 Å². The van der Waals surface area contributed by atoms with E-state index in [0.29, 0.717) is 16.0 Å². The molecule has 1 aromatic heterocycles. The SMILES string of the molecule is C.O=C(NCC12CCCC(CCC1)C2)c1cc(CCCNCCc2cnc[nH]2)ccc1Cl. The van der Waals surface area contributed by atoms with Gasteiger partial charge in [0.2, 0.25) is 0 Å². The fourth-order valence-corrected chi connectivity index (χ4v) is 5.73. The van der Waals surface area contributed by atoms with E-state index >= 15 is 0 Å². The van der Waals surface area contributed by atoms with E-state index in [0.717, 1.165) is 50.5 Å². The van der Waals surface area contributed by atoms with Crippen LogP contribution in [0, 0.1) is 11.3 Å². The maximum Gasteiger partial charge on any atom is 0.252 e. The number of amides is 1. The number of fused-ring (bicyclic) bond motifs is 2. The number of hydrogen-bond acceptors (Lipinski definition) is 3. The van der Waals surface area contributed by atoms with Gasteiger partial charge >= 0.3 is 0 Å². The minimum Gasteiger partial charge on any atom is -0.351 e. The van der Waals surface area contributed by atoms with Gasteiger partial charge in [0.15, 0.2) is 0 Å². The molecule has 2 aliphatic rings. The number of nitrogens with zero attached hydrogens (tertiary/aromatic N) is 1. The summed E-state index contributed by atoms with van der Waals surface area (Å²) < 4.78 is 0. The summed E-state index contributed by atoms with van der Waals surface area (Å²) in [7, 11) is 0. The number of rotatable bonds is 10. The maximum absolute atomic E-state index is 12.9. The number of carbonyl (C=O) groups excluding carboxylic acids is 1. The molecule has 32 heavy (non-hydrogen) atoms. The molecule has 1 aromatic carbocycles. The third-order valence-electron chi connectivity index (χ3n) is 7.20. The number of hydrogen-bond donors (Lipinski definition) is 3. The first-order chi connectivity index (χ1) is 15.1. The maximum atomic E-state index is 12.9. The lowest BCUT2D eigenvalue weighted by Gasteiger charge is -2.45. The monoisotopic (exact) mass is 458 g/mol. The molecule has 2 bridgehead atoms. The number of aromatic nitrogens is 2. The second kappa shape index (κ2) is 11.9. The van der Waals surface area contributed by atoms with Crippen LogP contribution in [0.5, 0.6) is 0 Å². The zero-order valence-corrected chi connectivity index (χ0v) is 19.1. The third-order valence-corrected chi connectivity index (χ3v) is 7.53. The molecule has 176 valence electrons. The molecule has 3 N–H and O–H groups in total. The molecule has 2 aliphatic carbocycles. The van der Waals surface area contributed by atoms with Gasteiger partial charge in [0, 0.05) is 31.4 Å². The fraction of sp³-hybridized carbons (Fsp3) is 0.615. The summed E-state index contributed by atoms with van der Waals surface area (Å²) >= 11 is 6.39. The Hall–Kier alpha value is -1.85. The molecule has 1 heterocycles. The lowest BCUT2D eigenvalue weighted by molar-refractivity contribution is 0.0682. The zero-order valence-electron chi connectivity index (χ0n) is 18.4. The van der Waals surface area contributed by atoms with Crippen molar-refractivity contribution in [2.45, 2.75) is 71.6 Å². The predicted octanol–water partition coefficient (Wildman–Crippen LogP) is 5.55. The second-order valence-electron chi connectivity index (χ2n) is 9.53. The number of benzene rings is 1. The molecule has 0 spiro atoms. The minimum absolute atomic E-state index is 0. The molecule has 2 saturated carbocycles. The van der Waals surface area contributed by atoms with Gasteiger partial charge in [-0.15, -0.1) is 0 Å². The third kappa shape index (κ3) is 6.58. The standard InChI is InChI=1S/C25H35ClN4O.CH4/c26-23-8-7-19(6-3-12-27-13-9-21-16-28-18-30-21)14-22(23)24(31)29-17-25-10-1-4-20(15-25)5-2-11-25;/h7-8,14,16,18,20,27H,1-6,9-13,15,17H2,(H,28,30)(H,29,31);1H4. The van der Waals surface area contributed by atoms with E-state index in [4.69, 9.17) is 11.6 Å². The van der Waals surface area contributed by atoms with Crippen LogP contribution >= 0.6 is 11.6 Å². The van der Waals surface area contributed by atoms with Gasteiger partial charge in [-0.25, -0.2) is 4.98 Å². The van der Waals surface area contributed by atoms with Gasteiger partial charge in [0.05, 0.1) is 16.9 Å². The highest BCUT2D eigenvalue weighted by Gasteiger charge is 2.39. The summed E-state index contributed by atoms with van der Waals surface area (Å²) in [6.45, 7) is 2.67. The molecule has 5 nitrogen and oxygen atoms in total. The Kier molecular flexibility index (Phi) is 9.18. The van der Waals surface area contributed by atoms with E-state index in [1.54, 1.807) is 6.33 Å². The number of H-pyrrole nitrogens is 1. The number of aromatic amines is 1. The molecule has 2 aromatic rings. The van der Waals surface area contributed by atoms with E-state index in [9.17, 15) is 4.79 Å². The summed E-state index contributed by atoms with van der Waals surface area (Å²) in [5.41, 5.74) is 3.25. The van der Waals surface area contributed by atoms with Crippen molar-refractivity contribution in [3.8, 4) is 0 Å². The van der Waals surface area contributed by atoms with Crippen molar-refractivity contribution in [2.24, 2.45) is 11.3 Å². The topological polar surface area (TPSA) is 69.8 Å². The number of imidazole rings is 1. The van der Waals surface area contributed by atoms with E-state index in [2.05, 4.69) is 20.6 Å². The van der Waals surface area contributed by atoms with Crippen molar-refractivity contribution < 1.29 is 4.79 Å². The fourth-order valence-electron chi connectivity index (χ4n) is 5.52. The summed E-state index contributed by atoms with van der Waals surface area (Å²) in [4.78, 5) is 20.1. The van der Waals surface area contributed by atoms with Gasteiger partial charge in [-0.05, 0) is 67.7 Å². The molecule has 1 amide bonds. The Morgan fingerprint density at radius 3 is 2.75 bits per heavy atom. The summed E-state index contributed by atoms with van der Waals surface area (Å²) in [5.74, 6) is 0.853. The van der Waals surface area contributed by atoms with Gasteiger partial charge in [0.25, 0.3) is 5.91 Å². The van der Waals surface area contributed by atoms with Crippen molar-refractivity contribution >= 4 is 17.5 Å². The van der Waals surface area contributed by atoms with Crippen LogP contribution in [0.1, 0.15) is 80.4 Å². The van der Waals surface area contributed by atoms with E-state index in [1.165, 1.54) is 50.5 Å². The lowest BCUT2D eigenvalue weighted by atomic mass is 9.62. The predicted molar refractivity (Wildman–Crippen MR) is 132 cm³/mol. The van der Waals surface area contributed by atoms with Crippen LogP contribution in [0.15, 0.2) is 30.7 Å². The minimum atomic E-state index is -0.0217. The van der Waals surface area contributed by atoms with Crippen molar-refractivity contribution in [2.75, 3.05) is 19.6 Å². The zero-order chi connectivity index (χ0) is 21.5. The van der Waals surface area contributed by atoms with Crippen LogP contribution in [-0.2, 0) is 12.8 Å². The highest BCUT2D eigenvalue weighted by Crippen LogP contribution is 2.48. The van der Waals surface area contributed by atoms with E-state index in [1.807, 2.05) is 24.4 Å². The Morgan fingerprint density at radius 2 is 2.00 bits per heavy atom. The lowest BCUT2D eigenvalue weighted by Crippen LogP contribution is -2.43. The molecule has 0 radical (unpaired) electrons. The van der Waals surface area contributed by atoms with Gasteiger partial charge in [-0.2, -0.15) is 0 Å². The van der Waals surface area contributed by atoms with Crippen LogP contribution in [0.4, 0.5) is 0 Å². The number of carbonyl (C=O) groups is 1. The first-order valence-electron chi connectivity index (χ1n) is 11.9. The molecular formula is C26H39ClN4O. The van der Waals surface area contributed by atoms with Gasteiger partial charge in [-0.1, -0.05) is 50.8 Å². The molecule has 0 saturated heterocycles. The summed E-state index contributed by atoms with van der Waals surface area (Å²) in [6, 6.07) is 5.88. The van der Waals surface area contributed by atoms with Crippen molar-refractivity contribution in [1.29, 1.82) is 0 Å². The first kappa shape index (κ1) is 24.8. The van der Waals surface area contributed by atoms with Gasteiger partial charge in [0.1, 0.15) is 0 Å². The molecule has 0 atom stereocenters. The Morgan fingerprint density at radius 1 is 1.19 bits per heavy atom. The van der Waals surface area contributed by atoms with Gasteiger partial charge < -0.3 is 15.6 Å². The average Bonchev–Trinajstić information content (AvgIpc) is 3.29. The molecule has 6 heteroatoms. The van der Waals surface area contributed by atoms with Crippen molar-refractivity contribution in [1.82, 2.24) is 20.6 Å². The van der Waals surface area contributed by atoms with Crippen LogP contribution in [0.25, 0.3) is 0 Å². The Bertz CT molecular complexity index is 842. The highest BCUT2D eigenvalue weighted by atomic mass is 35.5. The highest BCUT2D eigenvalue weighted by molar-refractivity contribution is 6.33. The van der Waals surface area contributed by atoms with E-state index in [-0.39, 0.29) is 13.3 Å². The molecular weight excluding hydrogens is 420 g/mol. The molecule has 0 aliphatic heterocycles. The first-order valence-corrected chi connectivity index (χ1v) is 12.3. The Labute approximate surface area is 198 Å². The van der Waals surface area contributed by atoms with Crippen LogP contribution in [0.2, 0.25) is 5.02 Å². The number of aryl methyl sites for hydroxylation is 1. The smallest absolute Gasteiger partial charge is 0.252 e. The average molecular weight is 459 g/mol. The van der Waals surface area contributed by atoms with Crippen molar-refractivity contribution in [3.05, 3.63) is 52.6 Å². The molecule has 0 unspecified atom stereocenters. The van der Waals surface area contributed by atoms with Crippen LogP contribution < -0.4 is 10.6 Å². The largest absolute Gasteiger partial charge is 0.351 e. The van der Waals surface area contributed by atoms with Crippen LogP contribution in [-0.4, -0.2) is 35.5 Å². The van der Waals surface area contributed by atoms with Gasteiger partial charge in [-0.3, -0.25) is 4.79 Å². The van der Waals surface area contributed by atoms with Crippen molar-refractivity contribution in [3.63, 3.8) is 0 Å².